The maximum atomic E-state index is 5.70. The fourth-order valence-corrected chi connectivity index (χ4v) is 1.72. The van der Waals surface area contributed by atoms with Gasteiger partial charge in [0.2, 0.25) is 5.89 Å². The van der Waals surface area contributed by atoms with Crippen LogP contribution in [-0.4, -0.2) is 43.0 Å². The molecule has 19 heavy (non-hydrogen) atoms. The van der Waals surface area contributed by atoms with Crippen LogP contribution in [0.15, 0.2) is 4.42 Å². The zero-order chi connectivity index (χ0) is 14.1. The van der Waals surface area contributed by atoms with E-state index in [1.165, 1.54) is 0 Å². The molecule has 0 aromatic carbocycles. The summed E-state index contributed by atoms with van der Waals surface area (Å²) in [5.74, 6) is 0.633. The number of rotatable bonds is 10. The fraction of sp³-hybridized carbons (Fsp3) is 0.846. The Morgan fingerprint density at radius 1 is 1.37 bits per heavy atom. The number of hydrogen-bond donors (Lipinski definition) is 1. The summed E-state index contributed by atoms with van der Waals surface area (Å²) < 4.78 is 10.8. The van der Waals surface area contributed by atoms with Crippen LogP contribution in [0, 0.1) is 0 Å². The lowest BCUT2D eigenvalue weighted by molar-refractivity contribution is 0.201. The van der Waals surface area contributed by atoms with Gasteiger partial charge in [-0.25, -0.2) is 0 Å². The van der Waals surface area contributed by atoms with E-state index in [2.05, 4.69) is 41.2 Å². The largest absolute Gasteiger partial charge is 0.407 e. The van der Waals surface area contributed by atoms with Crippen molar-refractivity contribution in [1.29, 1.82) is 0 Å². The van der Waals surface area contributed by atoms with E-state index in [4.69, 9.17) is 9.15 Å². The van der Waals surface area contributed by atoms with Gasteiger partial charge in [0, 0.05) is 19.7 Å². The lowest BCUT2D eigenvalue weighted by atomic mass is 10.2. The Labute approximate surface area is 115 Å². The molecule has 6 nitrogen and oxygen atoms in total. The fourth-order valence-electron chi connectivity index (χ4n) is 1.72. The predicted octanol–water partition coefficient (Wildman–Crippen LogP) is 1.82. The molecule has 0 amide bonds. The van der Waals surface area contributed by atoms with Crippen LogP contribution in [-0.2, 0) is 11.3 Å². The normalized spacial score (nSPS) is 12.6. The highest BCUT2D eigenvalue weighted by molar-refractivity contribution is 5.25. The number of methoxy groups -OCH3 is 1. The maximum Gasteiger partial charge on any atom is 0.318 e. The monoisotopic (exact) mass is 270 g/mol. The first kappa shape index (κ1) is 15.9. The summed E-state index contributed by atoms with van der Waals surface area (Å²) in [6.07, 6.45) is 2.11. The Bertz CT molecular complexity index is 343. The van der Waals surface area contributed by atoms with Crippen LogP contribution in [0.25, 0.3) is 0 Å². The molecule has 1 unspecified atom stereocenters. The van der Waals surface area contributed by atoms with Crippen molar-refractivity contribution in [2.75, 3.05) is 31.7 Å². The minimum absolute atomic E-state index is 0.354. The second-order valence-electron chi connectivity index (χ2n) is 4.60. The molecule has 1 aromatic rings. The summed E-state index contributed by atoms with van der Waals surface area (Å²) in [5, 5.41) is 11.5. The second kappa shape index (κ2) is 8.87. The minimum atomic E-state index is 0.354. The van der Waals surface area contributed by atoms with Gasteiger partial charge in [-0.05, 0) is 26.3 Å². The first-order valence-corrected chi connectivity index (χ1v) is 7.01. The molecule has 0 spiro atoms. The van der Waals surface area contributed by atoms with Crippen molar-refractivity contribution in [1.82, 2.24) is 15.5 Å². The number of anilines is 1. The van der Waals surface area contributed by atoms with Gasteiger partial charge in [-0.3, -0.25) is 0 Å². The maximum absolute atomic E-state index is 5.70. The Balaban J connectivity index is 2.62. The molecule has 0 saturated heterocycles. The summed E-state index contributed by atoms with van der Waals surface area (Å²) in [4.78, 5) is 2.10. The van der Waals surface area contributed by atoms with Crippen LogP contribution in [0.5, 0.6) is 0 Å². The van der Waals surface area contributed by atoms with Crippen molar-refractivity contribution in [3.63, 3.8) is 0 Å². The molecule has 0 aliphatic rings. The summed E-state index contributed by atoms with van der Waals surface area (Å²) in [7, 11) is 1.70. The van der Waals surface area contributed by atoms with Gasteiger partial charge in [0.25, 0.3) is 0 Å². The molecule has 1 atom stereocenters. The van der Waals surface area contributed by atoms with Gasteiger partial charge in [-0.15, -0.1) is 5.10 Å². The van der Waals surface area contributed by atoms with Gasteiger partial charge in [-0.2, -0.15) is 0 Å². The highest BCUT2D eigenvalue weighted by Gasteiger charge is 2.18. The van der Waals surface area contributed by atoms with E-state index >= 15 is 0 Å². The van der Waals surface area contributed by atoms with Crippen LogP contribution < -0.4 is 10.2 Å². The van der Waals surface area contributed by atoms with Gasteiger partial charge in [-0.1, -0.05) is 18.9 Å². The Kier molecular flexibility index (Phi) is 7.43. The number of ether oxygens (including phenoxy) is 1. The highest BCUT2D eigenvalue weighted by Crippen LogP contribution is 2.16. The van der Waals surface area contributed by atoms with E-state index < -0.39 is 0 Å². The van der Waals surface area contributed by atoms with Crippen LogP contribution in [0.4, 0.5) is 6.01 Å². The van der Waals surface area contributed by atoms with E-state index in [-0.39, 0.29) is 0 Å². The quantitative estimate of drug-likeness (QED) is 0.654. The molecule has 0 fully saturated rings. The smallest absolute Gasteiger partial charge is 0.318 e. The molecular formula is C13H26N4O2. The highest BCUT2D eigenvalue weighted by atomic mass is 16.5. The molecule has 1 heterocycles. The summed E-state index contributed by atoms with van der Waals surface area (Å²) in [5.41, 5.74) is 0. The summed E-state index contributed by atoms with van der Waals surface area (Å²) >= 11 is 0. The van der Waals surface area contributed by atoms with Crippen LogP contribution in [0.2, 0.25) is 0 Å². The van der Waals surface area contributed by atoms with Crippen molar-refractivity contribution in [2.24, 2.45) is 0 Å². The third-order valence-electron chi connectivity index (χ3n) is 3.06. The van der Waals surface area contributed by atoms with Gasteiger partial charge in [0.05, 0.1) is 13.2 Å². The molecular weight excluding hydrogens is 244 g/mol. The van der Waals surface area contributed by atoms with Crippen molar-refractivity contribution >= 4 is 6.01 Å². The summed E-state index contributed by atoms with van der Waals surface area (Å²) in [6, 6.07) is 0.937. The van der Waals surface area contributed by atoms with Crippen LogP contribution >= 0.6 is 0 Å². The molecule has 110 valence electrons. The van der Waals surface area contributed by atoms with E-state index in [1.807, 2.05) is 0 Å². The Morgan fingerprint density at radius 2 is 2.16 bits per heavy atom. The van der Waals surface area contributed by atoms with Gasteiger partial charge < -0.3 is 19.4 Å². The standard InChI is InChI=1S/C13H26N4O2/c1-5-7-14-10-12-15-16-13(19-12)17(8-9-18-4)11(3)6-2/h11,14H,5-10H2,1-4H3. The average molecular weight is 270 g/mol. The van der Waals surface area contributed by atoms with Crippen molar-refractivity contribution < 1.29 is 9.15 Å². The molecule has 0 radical (unpaired) electrons. The summed E-state index contributed by atoms with van der Waals surface area (Å²) in [6.45, 7) is 9.41. The van der Waals surface area contributed by atoms with Gasteiger partial charge >= 0.3 is 6.01 Å². The topological polar surface area (TPSA) is 63.4 Å². The second-order valence-corrected chi connectivity index (χ2v) is 4.60. The number of hydrogen-bond acceptors (Lipinski definition) is 6. The molecule has 0 bridgehead atoms. The number of nitrogens with one attached hydrogen (secondary N) is 1. The molecule has 0 aliphatic carbocycles. The molecule has 1 aromatic heterocycles. The van der Waals surface area contributed by atoms with Gasteiger partial charge in [0.1, 0.15) is 0 Å². The lowest BCUT2D eigenvalue weighted by Crippen LogP contribution is -2.35. The SMILES string of the molecule is CCCNCc1nnc(N(CCOC)C(C)CC)o1. The van der Waals surface area contributed by atoms with Gasteiger partial charge in [0.15, 0.2) is 0 Å². The zero-order valence-electron chi connectivity index (χ0n) is 12.5. The predicted molar refractivity (Wildman–Crippen MR) is 75.3 cm³/mol. The van der Waals surface area contributed by atoms with Crippen molar-refractivity contribution in [2.45, 2.75) is 46.2 Å². The first-order valence-electron chi connectivity index (χ1n) is 7.01. The van der Waals surface area contributed by atoms with E-state index in [9.17, 15) is 0 Å². The van der Waals surface area contributed by atoms with Crippen molar-refractivity contribution in [3.05, 3.63) is 5.89 Å². The van der Waals surface area contributed by atoms with E-state index in [0.29, 0.717) is 31.1 Å². The molecule has 6 heteroatoms. The van der Waals surface area contributed by atoms with E-state index in [0.717, 1.165) is 25.9 Å². The molecule has 1 N–H and O–H groups in total. The van der Waals surface area contributed by atoms with E-state index in [1.54, 1.807) is 7.11 Å². The third-order valence-corrected chi connectivity index (χ3v) is 3.06. The zero-order valence-corrected chi connectivity index (χ0v) is 12.5. The van der Waals surface area contributed by atoms with Crippen LogP contribution in [0.1, 0.15) is 39.5 Å². The Morgan fingerprint density at radius 3 is 2.79 bits per heavy atom. The van der Waals surface area contributed by atoms with Crippen molar-refractivity contribution in [3.8, 4) is 0 Å². The number of nitrogens with zero attached hydrogens (tertiary/aromatic N) is 3. The number of aromatic nitrogens is 2. The average Bonchev–Trinajstić information content (AvgIpc) is 2.88. The third kappa shape index (κ3) is 5.16. The Hall–Kier alpha value is -1.14. The first-order chi connectivity index (χ1) is 9.22. The van der Waals surface area contributed by atoms with Crippen LogP contribution in [0.3, 0.4) is 0 Å². The lowest BCUT2D eigenvalue weighted by Gasteiger charge is -2.25. The molecule has 0 aliphatic heterocycles. The molecule has 1 rings (SSSR count). The molecule has 0 saturated carbocycles. The minimum Gasteiger partial charge on any atom is -0.407 e.